The topological polar surface area (TPSA) is 83.8 Å². The van der Waals surface area contributed by atoms with E-state index in [1.54, 1.807) is 37.5 Å². The lowest BCUT2D eigenvalue weighted by molar-refractivity contribution is -0.384. The van der Waals surface area contributed by atoms with Crippen LogP contribution in [0.3, 0.4) is 0 Å². The lowest BCUT2D eigenvalue weighted by atomic mass is 10.1. The molecule has 6 nitrogen and oxygen atoms in total. The largest absolute Gasteiger partial charge is 0.373 e. The minimum atomic E-state index is -0.361. The normalized spacial score (nSPS) is 12.1. The number of aryl methyl sites for hydroxylation is 1. The second-order valence-corrected chi connectivity index (χ2v) is 4.13. The number of benzene rings is 1. The predicted octanol–water partition coefficient (Wildman–Crippen LogP) is 2.80. The van der Waals surface area contributed by atoms with E-state index in [0.717, 1.165) is 5.56 Å². The number of hydrogen-bond donors (Lipinski definition) is 2. The summed E-state index contributed by atoms with van der Waals surface area (Å²) in [7, 11) is 0. The van der Waals surface area contributed by atoms with Crippen LogP contribution in [0.2, 0.25) is 0 Å². The molecule has 0 amide bonds. The maximum absolute atomic E-state index is 11.1. The molecule has 0 radical (unpaired) electrons. The first-order valence-corrected chi connectivity index (χ1v) is 5.59. The van der Waals surface area contributed by atoms with Crippen LogP contribution in [0.4, 0.5) is 11.4 Å². The van der Waals surface area contributed by atoms with Crippen molar-refractivity contribution < 1.29 is 4.92 Å². The average Bonchev–Trinajstić information content (AvgIpc) is 2.81. The van der Waals surface area contributed by atoms with E-state index in [1.165, 1.54) is 0 Å². The molecule has 0 saturated heterocycles. The van der Waals surface area contributed by atoms with Crippen LogP contribution in [0.25, 0.3) is 0 Å². The van der Waals surface area contributed by atoms with Gasteiger partial charge < -0.3 is 5.32 Å². The second kappa shape index (κ2) is 4.87. The molecule has 2 N–H and O–H groups in total. The standard InChI is InChI=1S/C12H14N4O2/c1-8-4-3-5-11(12(8)16(17)18)15-9(2)10-6-13-14-7-10/h3-7,9,15H,1-2H3,(H,13,14). The first kappa shape index (κ1) is 12.1. The molecule has 6 heteroatoms. The van der Waals surface area contributed by atoms with Gasteiger partial charge in [-0.1, -0.05) is 12.1 Å². The highest BCUT2D eigenvalue weighted by atomic mass is 16.6. The number of hydrogen-bond acceptors (Lipinski definition) is 4. The molecule has 0 fully saturated rings. The summed E-state index contributed by atoms with van der Waals surface area (Å²) in [4.78, 5) is 10.7. The summed E-state index contributed by atoms with van der Waals surface area (Å²) in [6, 6.07) is 5.18. The summed E-state index contributed by atoms with van der Waals surface area (Å²) >= 11 is 0. The van der Waals surface area contributed by atoms with E-state index in [4.69, 9.17) is 0 Å². The van der Waals surface area contributed by atoms with Gasteiger partial charge in [-0.15, -0.1) is 0 Å². The maximum atomic E-state index is 11.1. The minimum absolute atomic E-state index is 0.0516. The summed E-state index contributed by atoms with van der Waals surface area (Å²) in [5.41, 5.74) is 2.23. The Labute approximate surface area is 104 Å². The molecule has 1 aromatic carbocycles. The third-order valence-electron chi connectivity index (χ3n) is 2.81. The van der Waals surface area contributed by atoms with Gasteiger partial charge in [0.25, 0.3) is 5.69 Å². The lowest BCUT2D eigenvalue weighted by Gasteiger charge is -2.14. The zero-order valence-electron chi connectivity index (χ0n) is 10.2. The molecule has 94 valence electrons. The fourth-order valence-corrected chi connectivity index (χ4v) is 1.83. The van der Waals surface area contributed by atoms with Crippen LogP contribution < -0.4 is 5.32 Å². The van der Waals surface area contributed by atoms with Crippen LogP contribution >= 0.6 is 0 Å². The van der Waals surface area contributed by atoms with Crippen LogP contribution in [-0.4, -0.2) is 15.1 Å². The molecule has 1 aromatic heterocycles. The van der Waals surface area contributed by atoms with Crippen LogP contribution in [0.5, 0.6) is 0 Å². The molecule has 0 aliphatic heterocycles. The maximum Gasteiger partial charge on any atom is 0.295 e. The first-order chi connectivity index (χ1) is 8.59. The Bertz CT molecular complexity index is 551. The highest BCUT2D eigenvalue weighted by Crippen LogP contribution is 2.30. The Morgan fingerprint density at radius 2 is 2.28 bits per heavy atom. The quantitative estimate of drug-likeness (QED) is 0.641. The van der Waals surface area contributed by atoms with Gasteiger partial charge in [-0.05, 0) is 19.9 Å². The predicted molar refractivity (Wildman–Crippen MR) is 68.5 cm³/mol. The number of nitrogens with zero attached hydrogens (tertiary/aromatic N) is 2. The Hall–Kier alpha value is -2.37. The Morgan fingerprint density at radius 1 is 1.50 bits per heavy atom. The van der Waals surface area contributed by atoms with E-state index < -0.39 is 0 Å². The monoisotopic (exact) mass is 246 g/mol. The van der Waals surface area contributed by atoms with Crippen molar-refractivity contribution in [3.63, 3.8) is 0 Å². The lowest BCUT2D eigenvalue weighted by Crippen LogP contribution is -2.08. The second-order valence-electron chi connectivity index (χ2n) is 4.13. The van der Waals surface area contributed by atoms with Crippen LogP contribution in [0, 0.1) is 17.0 Å². The van der Waals surface area contributed by atoms with E-state index in [1.807, 2.05) is 6.92 Å². The summed E-state index contributed by atoms with van der Waals surface area (Å²) in [5.74, 6) is 0. The molecule has 1 atom stereocenters. The average molecular weight is 246 g/mol. The number of para-hydroxylation sites is 1. The van der Waals surface area contributed by atoms with Crippen molar-refractivity contribution in [3.05, 3.63) is 51.8 Å². The molecule has 0 aliphatic rings. The van der Waals surface area contributed by atoms with Gasteiger partial charge in [0.15, 0.2) is 0 Å². The van der Waals surface area contributed by atoms with Gasteiger partial charge >= 0.3 is 0 Å². The van der Waals surface area contributed by atoms with Gasteiger partial charge in [-0.2, -0.15) is 5.10 Å². The number of nitro groups is 1. The van der Waals surface area contributed by atoms with Crippen LogP contribution in [-0.2, 0) is 0 Å². The van der Waals surface area contributed by atoms with Crippen molar-refractivity contribution in [2.24, 2.45) is 0 Å². The number of H-pyrrole nitrogens is 1. The molecule has 18 heavy (non-hydrogen) atoms. The van der Waals surface area contributed by atoms with Gasteiger partial charge in [-0.3, -0.25) is 15.2 Å². The summed E-state index contributed by atoms with van der Waals surface area (Å²) in [6.07, 6.45) is 3.46. The van der Waals surface area contributed by atoms with Gasteiger partial charge in [0, 0.05) is 17.3 Å². The van der Waals surface area contributed by atoms with Crippen molar-refractivity contribution in [2.75, 3.05) is 5.32 Å². The number of nitro benzene ring substituents is 1. The molecule has 0 spiro atoms. The highest BCUT2D eigenvalue weighted by molar-refractivity contribution is 5.65. The molecule has 0 aliphatic carbocycles. The number of aromatic nitrogens is 2. The molecule has 2 aromatic rings. The molecule has 0 saturated carbocycles. The van der Waals surface area contributed by atoms with Crippen molar-refractivity contribution >= 4 is 11.4 Å². The Balaban J connectivity index is 2.29. The zero-order valence-corrected chi connectivity index (χ0v) is 10.2. The van der Waals surface area contributed by atoms with E-state index in [0.29, 0.717) is 11.3 Å². The Morgan fingerprint density at radius 3 is 2.89 bits per heavy atom. The number of rotatable bonds is 4. The smallest absolute Gasteiger partial charge is 0.295 e. The van der Waals surface area contributed by atoms with E-state index in [-0.39, 0.29) is 16.7 Å². The van der Waals surface area contributed by atoms with Gasteiger partial charge in [-0.25, -0.2) is 0 Å². The van der Waals surface area contributed by atoms with E-state index >= 15 is 0 Å². The fourth-order valence-electron chi connectivity index (χ4n) is 1.83. The van der Waals surface area contributed by atoms with Crippen molar-refractivity contribution in [2.45, 2.75) is 19.9 Å². The minimum Gasteiger partial charge on any atom is -0.373 e. The number of anilines is 1. The molecule has 1 unspecified atom stereocenters. The molecule has 0 bridgehead atoms. The summed E-state index contributed by atoms with van der Waals surface area (Å²) in [5, 5.41) is 20.8. The molecule has 2 rings (SSSR count). The zero-order chi connectivity index (χ0) is 13.1. The van der Waals surface area contributed by atoms with Gasteiger partial charge in [0.2, 0.25) is 0 Å². The number of aromatic amines is 1. The van der Waals surface area contributed by atoms with Crippen LogP contribution in [0.15, 0.2) is 30.6 Å². The fraction of sp³-hybridized carbons (Fsp3) is 0.250. The number of nitrogens with one attached hydrogen (secondary N) is 2. The van der Waals surface area contributed by atoms with Gasteiger partial charge in [0.05, 0.1) is 17.2 Å². The molecular formula is C12H14N4O2. The van der Waals surface area contributed by atoms with E-state index in [9.17, 15) is 10.1 Å². The van der Waals surface area contributed by atoms with Crippen molar-refractivity contribution in [3.8, 4) is 0 Å². The third kappa shape index (κ3) is 2.32. The highest BCUT2D eigenvalue weighted by Gasteiger charge is 2.18. The molecule has 1 heterocycles. The molecular weight excluding hydrogens is 232 g/mol. The van der Waals surface area contributed by atoms with Crippen molar-refractivity contribution in [1.29, 1.82) is 0 Å². The first-order valence-electron chi connectivity index (χ1n) is 5.59. The van der Waals surface area contributed by atoms with Crippen LogP contribution in [0.1, 0.15) is 24.1 Å². The Kier molecular flexibility index (Phi) is 3.27. The summed E-state index contributed by atoms with van der Waals surface area (Å²) in [6.45, 7) is 3.66. The third-order valence-corrected chi connectivity index (χ3v) is 2.81. The van der Waals surface area contributed by atoms with E-state index in [2.05, 4.69) is 15.5 Å². The summed E-state index contributed by atoms with van der Waals surface area (Å²) < 4.78 is 0. The SMILES string of the molecule is Cc1cccc(NC(C)c2cn[nH]c2)c1[N+](=O)[O-]. The van der Waals surface area contributed by atoms with Crippen molar-refractivity contribution in [1.82, 2.24) is 10.2 Å². The van der Waals surface area contributed by atoms with Gasteiger partial charge in [0.1, 0.15) is 5.69 Å².